The molecule has 1 aliphatic heterocycles. The van der Waals surface area contributed by atoms with Crippen LogP contribution in [-0.4, -0.2) is 53.8 Å². The number of rotatable bonds is 4. The zero-order chi connectivity index (χ0) is 19.1. The predicted molar refractivity (Wildman–Crippen MR) is 98.8 cm³/mol. The van der Waals surface area contributed by atoms with E-state index in [1.165, 1.54) is 6.92 Å². The van der Waals surface area contributed by atoms with Crippen LogP contribution >= 0.6 is 0 Å². The van der Waals surface area contributed by atoms with Crippen molar-refractivity contribution in [3.8, 4) is 5.75 Å². The zero-order valence-corrected chi connectivity index (χ0v) is 15.6. The number of benzene rings is 1. The third-order valence-electron chi connectivity index (χ3n) is 4.06. The summed E-state index contributed by atoms with van der Waals surface area (Å²) in [6, 6.07) is 6.61. The number of hydrogen-bond acceptors (Lipinski definition) is 4. The number of amides is 2. The van der Waals surface area contributed by atoms with Crippen LogP contribution in [0.4, 0.5) is 0 Å². The molecule has 1 fully saturated rings. The lowest BCUT2D eigenvalue weighted by Gasteiger charge is -2.21. The molecular weight excluding hydrogens is 332 g/mol. The van der Waals surface area contributed by atoms with Crippen molar-refractivity contribution in [1.82, 2.24) is 9.80 Å². The maximum absolute atomic E-state index is 12.8. The number of nitrogens with zero attached hydrogens (tertiary/aromatic N) is 2. The van der Waals surface area contributed by atoms with Crippen LogP contribution in [0.2, 0.25) is 0 Å². The predicted octanol–water partition coefficient (Wildman–Crippen LogP) is 2.50. The molecule has 0 spiro atoms. The van der Waals surface area contributed by atoms with Crippen LogP contribution in [0.5, 0.6) is 5.75 Å². The third kappa shape index (κ3) is 5.72. The second-order valence-electron chi connectivity index (χ2n) is 6.70. The van der Waals surface area contributed by atoms with E-state index in [4.69, 9.17) is 4.74 Å². The van der Waals surface area contributed by atoms with Gasteiger partial charge < -0.3 is 14.5 Å². The van der Waals surface area contributed by atoms with Gasteiger partial charge in [-0.05, 0) is 36.6 Å². The molecule has 1 aliphatic rings. The number of carbonyl (C=O) groups excluding carboxylic acids is 3. The standard InChI is InChI=1S/C20H26N2O4/c1-15(2)8-9-19(24)21-10-5-11-22(13-12-21)20(25)17-6-4-7-18(14-17)26-16(3)23/h4,6-9,14-15H,5,10-13H2,1-3H3/b9-8+. The molecule has 26 heavy (non-hydrogen) atoms. The molecule has 6 heteroatoms. The van der Waals surface area contributed by atoms with E-state index in [0.717, 1.165) is 6.42 Å². The van der Waals surface area contributed by atoms with E-state index in [0.29, 0.717) is 43.4 Å². The first-order chi connectivity index (χ1) is 12.4. The van der Waals surface area contributed by atoms with E-state index < -0.39 is 5.97 Å². The molecule has 0 unspecified atom stereocenters. The quantitative estimate of drug-likeness (QED) is 0.471. The number of carbonyl (C=O) groups is 3. The first-order valence-corrected chi connectivity index (χ1v) is 8.91. The molecule has 0 aliphatic carbocycles. The Labute approximate surface area is 154 Å². The minimum absolute atomic E-state index is 0.00939. The molecule has 0 radical (unpaired) electrons. The second-order valence-corrected chi connectivity index (χ2v) is 6.70. The number of ether oxygens (including phenoxy) is 1. The topological polar surface area (TPSA) is 66.9 Å². The average Bonchev–Trinajstić information content (AvgIpc) is 2.85. The van der Waals surface area contributed by atoms with Crippen molar-refractivity contribution in [3.05, 3.63) is 42.0 Å². The van der Waals surface area contributed by atoms with Crippen molar-refractivity contribution in [2.24, 2.45) is 5.92 Å². The van der Waals surface area contributed by atoms with Gasteiger partial charge in [0.2, 0.25) is 5.91 Å². The van der Waals surface area contributed by atoms with Gasteiger partial charge in [0, 0.05) is 38.7 Å². The summed E-state index contributed by atoms with van der Waals surface area (Å²) in [4.78, 5) is 39.6. The Morgan fingerprint density at radius 3 is 2.46 bits per heavy atom. The Morgan fingerprint density at radius 2 is 1.77 bits per heavy atom. The Kier molecular flexibility index (Phi) is 6.95. The van der Waals surface area contributed by atoms with Crippen LogP contribution in [0.15, 0.2) is 36.4 Å². The van der Waals surface area contributed by atoms with E-state index in [1.54, 1.807) is 40.1 Å². The van der Waals surface area contributed by atoms with Gasteiger partial charge in [0.1, 0.15) is 5.75 Å². The average molecular weight is 358 g/mol. The van der Waals surface area contributed by atoms with Crippen LogP contribution in [0.25, 0.3) is 0 Å². The summed E-state index contributed by atoms with van der Waals surface area (Å²) in [5, 5.41) is 0. The highest BCUT2D eigenvalue weighted by molar-refractivity contribution is 5.95. The summed E-state index contributed by atoms with van der Waals surface area (Å²) in [5.74, 6) is 0.131. The SMILES string of the molecule is CC(=O)Oc1cccc(C(=O)N2CCCN(C(=O)/C=C/C(C)C)CC2)c1. The van der Waals surface area contributed by atoms with Gasteiger partial charge in [0.25, 0.3) is 5.91 Å². The van der Waals surface area contributed by atoms with Crippen molar-refractivity contribution < 1.29 is 19.1 Å². The first-order valence-electron chi connectivity index (χ1n) is 8.91. The fraction of sp³-hybridized carbons (Fsp3) is 0.450. The largest absolute Gasteiger partial charge is 0.427 e. The Bertz CT molecular complexity index is 697. The maximum atomic E-state index is 12.8. The van der Waals surface area contributed by atoms with Gasteiger partial charge in [0.05, 0.1) is 0 Å². The first kappa shape index (κ1) is 19.7. The molecule has 1 heterocycles. The number of esters is 1. The lowest BCUT2D eigenvalue weighted by atomic mass is 10.2. The second kappa shape index (κ2) is 9.17. The van der Waals surface area contributed by atoms with Crippen LogP contribution in [0, 0.1) is 5.92 Å². The Balaban J connectivity index is 2.01. The van der Waals surface area contributed by atoms with Gasteiger partial charge in [-0.2, -0.15) is 0 Å². The fourth-order valence-corrected chi connectivity index (χ4v) is 2.76. The molecule has 2 rings (SSSR count). The summed E-state index contributed by atoms with van der Waals surface area (Å²) in [7, 11) is 0. The maximum Gasteiger partial charge on any atom is 0.308 e. The summed E-state index contributed by atoms with van der Waals surface area (Å²) < 4.78 is 5.04. The Morgan fingerprint density at radius 1 is 1.08 bits per heavy atom. The van der Waals surface area contributed by atoms with Crippen molar-refractivity contribution in [3.63, 3.8) is 0 Å². The molecule has 0 N–H and O–H groups in total. The molecule has 0 aromatic heterocycles. The lowest BCUT2D eigenvalue weighted by molar-refractivity contribution is -0.132. The summed E-state index contributed by atoms with van der Waals surface area (Å²) in [6.45, 7) is 7.59. The molecule has 0 bridgehead atoms. The summed E-state index contributed by atoms with van der Waals surface area (Å²) in [6.07, 6.45) is 4.23. The molecule has 6 nitrogen and oxygen atoms in total. The minimum Gasteiger partial charge on any atom is -0.427 e. The van der Waals surface area contributed by atoms with E-state index >= 15 is 0 Å². The fourth-order valence-electron chi connectivity index (χ4n) is 2.76. The zero-order valence-electron chi connectivity index (χ0n) is 15.6. The Hall–Kier alpha value is -2.63. The van der Waals surface area contributed by atoms with Gasteiger partial charge in [-0.25, -0.2) is 0 Å². The highest BCUT2D eigenvalue weighted by atomic mass is 16.5. The van der Waals surface area contributed by atoms with Gasteiger partial charge in [-0.3, -0.25) is 14.4 Å². The number of allylic oxidation sites excluding steroid dienone is 1. The normalized spacial score (nSPS) is 15.2. The van der Waals surface area contributed by atoms with Crippen molar-refractivity contribution in [2.45, 2.75) is 27.2 Å². The van der Waals surface area contributed by atoms with Gasteiger partial charge in [-0.15, -0.1) is 0 Å². The summed E-state index contributed by atoms with van der Waals surface area (Å²) >= 11 is 0. The van der Waals surface area contributed by atoms with Crippen molar-refractivity contribution in [2.75, 3.05) is 26.2 Å². The third-order valence-corrected chi connectivity index (χ3v) is 4.06. The van der Waals surface area contributed by atoms with E-state index in [9.17, 15) is 14.4 Å². The molecule has 1 aromatic carbocycles. The van der Waals surface area contributed by atoms with Gasteiger partial charge in [-0.1, -0.05) is 26.0 Å². The molecular formula is C20H26N2O4. The van der Waals surface area contributed by atoms with Crippen LogP contribution in [0.1, 0.15) is 37.6 Å². The van der Waals surface area contributed by atoms with E-state index in [-0.39, 0.29) is 11.8 Å². The van der Waals surface area contributed by atoms with Crippen molar-refractivity contribution in [1.29, 1.82) is 0 Å². The molecule has 0 saturated carbocycles. The molecule has 1 aromatic rings. The molecule has 1 saturated heterocycles. The van der Waals surface area contributed by atoms with Crippen LogP contribution in [0.3, 0.4) is 0 Å². The van der Waals surface area contributed by atoms with Gasteiger partial charge in [0.15, 0.2) is 0 Å². The molecule has 0 atom stereocenters. The monoisotopic (exact) mass is 358 g/mol. The van der Waals surface area contributed by atoms with Gasteiger partial charge >= 0.3 is 5.97 Å². The van der Waals surface area contributed by atoms with E-state index in [2.05, 4.69) is 0 Å². The van der Waals surface area contributed by atoms with E-state index in [1.807, 2.05) is 19.9 Å². The lowest BCUT2D eigenvalue weighted by Crippen LogP contribution is -2.36. The molecule has 140 valence electrons. The van der Waals surface area contributed by atoms with Crippen molar-refractivity contribution >= 4 is 17.8 Å². The highest BCUT2D eigenvalue weighted by Crippen LogP contribution is 2.16. The molecule has 2 amide bonds. The number of hydrogen-bond donors (Lipinski definition) is 0. The van der Waals surface area contributed by atoms with Crippen LogP contribution in [-0.2, 0) is 9.59 Å². The summed E-state index contributed by atoms with van der Waals surface area (Å²) in [5.41, 5.74) is 0.475. The highest BCUT2D eigenvalue weighted by Gasteiger charge is 2.22. The minimum atomic E-state index is -0.423. The smallest absolute Gasteiger partial charge is 0.308 e. The van der Waals surface area contributed by atoms with Crippen LogP contribution < -0.4 is 4.74 Å².